The standard InChI is InChI=1S/C28H22Br2N4O2/c1-13-3-7-15(8-4-13)33-20-12-17(29)25(32)23-22(20)27(35)21-19(31)11-18(30)26(24(21)28(23)36)34-16-9-5-14(2)6-10-16/h3-12,33-34H,31-32H2,1-2H3. The predicted molar refractivity (Wildman–Crippen MR) is 153 cm³/mol. The molecule has 0 aliphatic heterocycles. The monoisotopic (exact) mass is 604 g/mol. The van der Waals surface area contributed by atoms with Gasteiger partial charge in [0.25, 0.3) is 0 Å². The predicted octanol–water partition coefficient (Wildman–Crippen LogP) is 7.26. The number of nitrogens with two attached hydrogens (primary N) is 2. The Balaban J connectivity index is 1.70. The lowest BCUT2D eigenvalue weighted by molar-refractivity contribution is 0.0981. The number of halogens is 2. The number of hydrogen-bond acceptors (Lipinski definition) is 6. The van der Waals surface area contributed by atoms with Crippen LogP contribution >= 0.6 is 31.9 Å². The number of aryl methyl sites for hydroxylation is 2. The molecular formula is C28H22Br2N4O2. The number of fused-ring (bicyclic) bond motifs is 2. The van der Waals surface area contributed by atoms with Gasteiger partial charge in [-0.1, -0.05) is 35.4 Å². The number of nitrogens with one attached hydrogen (secondary N) is 2. The summed E-state index contributed by atoms with van der Waals surface area (Å²) in [6.07, 6.45) is 0. The molecule has 1 aliphatic carbocycles. The van der Waals surface area contributed by atoms with Gasteiger partial charge in [0.15, 0.2) is 11.6 Å². The third kappa shape index (κ3) is 4.06. The molecule has 0 fully saturated rings. The number of hydrogen-bond donors (Lipinski definition) is 4. The molecule has 0 saturated heterocycles. The highest BCUT2D eigenvalue weighted by Crippen LogP contribution is 2.46. The van der Waals surface area contributed by atoms with Crippen LogP contribution in [0.25, 0.3) is 0 Å². The molecule has 4 aromatic carbocycles. The molecule has 1 aliphatic rings. The van der Waals surface area contributed by atoms with Gasteiger partial charge in [0.1, 0.15) is 0 Å². The maximum Gasteiger partial charge on any atom is 0.198 e. The molecule has 0 bridgehead atoms. The van der Waals surface area contributed by atoms with Crippen LogP contribution in [0.2, 0.25) is 0 Å². The summed E-state index contributed by atoms with van der Waals surface area (Å²) in [5.41, 5.74) is 18.5. The SMILES string of the molecule is Cc1ccc(Nc2cc(Br)c(N)c3c2C(=O)c2c(N)cc(Br)c(Nc4ccc(C)cc4)c2C3=O)cc1. The average Bonchev–Trinajstić information content (AvgIpc) is 2.84. The molecule has 36 heavy (non-hydrogen) atoms. The summed E-state index contributed by atoms with van der Waals surface area (Å²) >= 11 is 6.99. The summed E-state index contributed by atoms with van der Waals surface area (Å²) < 4.78 is 1.08. The van der Waals surface area contributed by atoms with Crippen LogP contribution in [-0.2, 0) is 0 Å². The normalized spacial score (nSPS) is 12.2. The second-order valence-electron chi connectivity index (χ2n) is 8.78. The van der Waals surface area contributed by atoms with Gasteiger partial charge in [0.05, 0.1) is 39.3 Å². The van der Waals surface area contributed by atoms with Gasteiger partial charge in [-0.25, -0.2) is 0 Å². The third-order valence-corrected chi connectivity index (χ3v) is 7.47. The maximum atomic E-state index is 14.0. The van der Waals surface area contributed by atoms with Gasteiger partial charge in [-0.05, 0) is 82.1 Å². The molecule has 0 saturated carbocycles. The van der Waals surface area contributed by atoms with Crippen LogP contribution < -0.4 is 22.1 Å². The Labute approximate surface area is 225 Å². The Morgan fingerprint density at radius 3 is 1.75 bits per heavy atom. The van der Waals surface area contributed by atoms with Gasteiger partial charge in [0.2, 0.25) is 0 Å². The highest BCUT2D eigenvalue weighted by Gasteiger charge is 2.38. The Morgan fingerprint density at radius 1 is 0.639 bits per heavy atom. The molecule has 4 aromatic rings. The van der Waals surface area contributed by atoms with Gasteiger partial charge >= 0.3 is 0 Å². The Hall–Kier alpha value is -3.62. The van der Waals surface area contributed by atoms with Crippen molar-refractivity contribution < 1.29 is 9.59 Å². The molecule has 6 N–H and O–H groups in total. The largest absolute Gasteiger partial charge is 0.398 e. The molecule has 0 radical (unpaired) electrons. The first-order valence-electron chi connectivity index (χ1n) is 11.2. The lowest BCUT2D eigenvalue weighted by Crippen LogP contribution is -2.26. The highest BCUT2D eigenvalue weighted by molar-refractivity contribution is 9.11. The van der Waals surface area contributed by atoms with E-state index >= 15 is 0 Å². The van der Waals surface area contributed by atoms with E-state index in [-0.39, 0.29) is 45.2 Å². The van der Waals surface area contributed by atoms with Crippen molar-refractivity contribution in [1.29, 1.82) is 0 Å². The van der Waals surface area contributed by atoms with E-state index < -0.39 is 0 Å². The summed E-state index contributed by atoms with van der Waals surface area (Å²) in [5.74, 6) is -0.752. The fourth-order valence-corrected chi connectivity index (χ4v) is 5.29. The van der Waals surface area contributed by atoms with Crippen LogP contribution in [0.15, 0.2) is 69.6 Å². The van der Waals surface area contributed by atoms with Crippen LogP contribution in [0.1, 0.15) is 43.0 Å². The molecule has 0 amide bonds. The minimum Gasteiger partial charge on any atom is -0.398 e. The number of nitrogen functional groups attached to an aromatic ring is 2. The van der Waals surface area contributed by atoms with Crippen LogP contribution in [0.5, 0.6) is 0 Å². The molecule has 0 unspecified atom stereocenters. The van der Waals surface area contributed by atoms with E-state index in [2.05, 4.69) is 42.5 Å². The van der Waals surface area contributed by atoms with E-state index in [0.717, 1.165) is 22.5 Å². The van der Waals surface area contributed by atoms with Gasteiger partial charge < -0.3 is 22.1 Å². The van der Waals surface area contributed by atoms with E-state index in [9.17, 15) is 9.59 Å². The average molecular weight is 606 g/mol. The zero-order valence-corrected chi connectivity index (χ0v) is 22.7. The molecule has 0 atom stereocenters. The van der Waals surface area contributed by atoms with Crippen molar-refractivity contribution >= 4 is 77.6 Å². The number of anilines is 6. The van der Waals surface area contributed by atoms with E-state index in [4.69, 9.17) is 11.5 Å². The number of benzene rings is 4. The second kappa shape index (κ2) is 9.11. The summed E-state index contributed by atoms with van der Waals surface area (Å²) in [6, 6.07) is 18.8. The first-order valence-corrected chi connectivity index (χ1v) is 12.7. The molecule has 0 aromatic heterocycles. The summed E-state index contributed by atoms with van der Waals surface area (Å²) in [5, 5.41) is 6.56. The van der Waals surface area contributed by atoms with E-state index in [1.165, 1.54) is 0 Å². The highest BCUT2D eigenvalue weighted by atomic mass is 79.9. The van der Waals surface area contributed by atoms with Crippen molar-refractivity contribution in [3.05, 3.63) is 103 Å². The number of rotatable bonds is 4. The zero-order valence-electron chi connectivity index (χ0n) is 19.5. The summed E-state index contributed by atoms with van der Waals surface area (Å²) in [6.45, 7) is 3.99. The van der Waals surface area contributed by atoms with Crippen LogP contribution in [0.4, 0.5) is 34.1 Å². The van der Waals surface area contributed by atoms with Crippen molar-refractivity contribution in [2.24, 2.45) is 0 Å². The van der Waals surface area contributed by atoms with Crippen LogP contribution in [-0.4, -0.2) is 11.6 Å². The quantitative estimate of drug-likeness (QED) is 0.161. The summed E-state index contributed by atoms with van der Waals surface area (Å²) in [7, 11) is 0. The van der Waals surface area contributed by atoms with E-state index in [0.29, 0.717) is 20.3 Å². The number of carbonyl (C=O) groups is 2. The van der Waals surface area contributed by atoms with Gasteiger partial charge in [0, 0.05) is 26.0 Å². The zero-order chi connectivity index (χ0) is 25.7. The van der Waals surface area contributed by atoms with Gasteiger partial charge in [-0.2, -0.15) is 0 Å². The topological polar surface area (TPSA) is 110 Å². The molecule has 0 heterocycles. The van der Waals surface area contributed by atoms with Crippen molar-refractivity contribution in [1.82, 2.24) is 0 Å². The van der Waals surface area contributed by atoms with E-state index in [1.54, 1.807) is 12.1 Å². The smallest absolute Gasteiger partial charge is 0.198 e. The Kier molecular flexibility index (Phi) is 6.10. The van der Waals surface area contributed by atoms with Gasteiger partial charge in [-0.15, -0.1) is 0 Å². The van der Waals surface area contributed by atoms with Crippen molar-refractivity contribution in [3.63, 3.8) is 0 Å². The third-order valence-electron chi connectivity index (χ3n) is 6.19. The van der Waals surface area contributed by atoms with Crippen molar-refractivity contribution in [3.8, 4) is 0 Å². The minimum absolute atomic E-state index is 0.140. The van der Waals surface area contributed by atoms with Crippen molar-refractivity contribution in [2.45, 2.75) is 13.8 Å². The van der Waals surface area contributed by atoms with Gasteiger partial charge in [-0.3, -0.25) is 9.59 Å². The maximum absolute atomic E-state index is 14.0. The Morgan fingerprint density at radius 2 is 1.17 bits per heavy atom. The molecule has 180 valence electrons. The molecular weight excluding hydrogens is 584 g/mol. The first-order chi connectivity index (χ1) is 17.2. The van der Waals surface area contributed by atoms with E-state index in [1.807, 2.05) is 62.4 Å². The van der Waals surface area contributed by atoms with Crippen LogP contribution in [0, 0.1) is 13.8 Å². The number of carbonyl (C=O) groups excluding carboxylic acids is 2. The molecule has 8 heteroatoms. The van der Waals surface area contributed by atoms with Crippen LogP contribution in [0.3, 0.4) is 0 Å². The van der Waals surface area contributed by atoms with Crippen molar-refractivity contribution in [2.75, 3.05) is 22.1 Å². The fraction of sp³-hybridized carbons (Fsp3) is 0.0714. The first kappa shape index (κ1) is 24.1. The summed E-state index contributed by atoms with van der Waals surface area (Å²) in [4.78, 5) is 28.0. The fourth-order valence-electron chi connectivity index (χ4n) is 4.32. The molecule has 5 rings (SSSR count). The minimum atomic E-state index is -0.382. The second-order valence-corrected chi connectivity index (χ2v) is 10.5. The molecule has 6 nitrogen and oxygen atoms in total. The molecule has 0 spiro atoms. The lowest BCUT2D eigenvalue weighted by atomic mass is 9.80. The number of ketones is 2. The lowest BCUT2D eigenvalue weighted by Gasteiger charge is -2.26. The Bertz CT molecular complexity index is 1560.